The Morgan fingerprint density at radius 2 is 1.60 bits per heavy atom. The number of para-hydroxylation sites is 1. The van der Waals surface area contributed by atoms with E-state index < -0.39 is 11.7 Å². The molecule has 3 aromatic carbocycles. The fraction of sp³-hybridized carbons (Fsp3) is 0.207. The van der Waals surface area contributed by atoms with Crippen molar-refractivity contribution in [2.45, 2.75) is 26.9 Å². The minimum atomic E-state index is -4.58. The van der Waals surface area contributed by atoms with Crippen LogP contribution in [0.2, 0.25) is 0 Å². The Hall–Kier alpha value is -3.80. The molecule has 6 heteroatoms. The molecule has 0 spiro atoms. The number of alkyl halides is 3. The summed E-state index contributed by atoms with van der Waals surface area (Å²) in [7, 11) is 0. The van der Waals surface area contributed by atoms with Gasteiger partial charge in [0.2, 0.25) is 0 Å². The first kappa shape index (κ1) is 23.0. The molecule has 3 nitrogen and oxygen atoms in total. The van der Waals surface area contributed by atoms with E-state index in [0.717, 1.165) is 23.7 Å². The number of hydrogen-bond acceptors (Lipinski definition) is 3. The van der Waals surface area contributed by atoms with Gasteiger partial charge in [-0.1, -0.05) is 51.1 Å². The van der Waals surface area contributed by atoms with Gasteiger partial charge < -0.3 is 9.64 Å². The van der Waals surface area contributed by atoms with E-state index in [1.807, 2.05) is 42.5 Å². The van der Waals surface area contributed by atoms with Crippen molar-refractivity contribution < 1.29 is 17.9 Å². The normalized spacial score (nSPS) is 14.5. The zero-order valence-electron chi connectivity index (χ0n) is 19.7. The highest BCUT2D eigenvalue weighted by Gasteiger charge is 2.35. The molecule has 4 aromatic rings. The predicted octanol–water partition coefficient (Wildman–Crippen LogP) is 8.51. The van der Waals surface area contributed by atoms with Crippen LogP contribution in [0.25, 0.3) is 21.8 Å². The molecule has 0 atom stereocenters. The number of aromatic nitrogens is 1. The third-order valence-corrected chi connectivity index (χ3v) is 6.04. The highest BCUT2D eigenvalue weighted by Crippen LogP contribution is 2.41. The molecule has 2 heterocycles. The maximum atomic E-state index is 13.9. The minimum absolute atomic E-state index is 0.0507. The van der Waals surface area contributed by atoms with Gasteiger partial charge in [-0.3, -0.25) is 0 Å². The topological polar surface area (TPSA) is 25.4 Å². The quantitative estimate of drug-likeness (QED) is 0.278. The average molecular weight is 475 g/mol. The Kier molecular flexibility index (Phi) is 5.55. The van der Waals surface area contributed by atoms with Crippen molar-refractivity contribution in [1.82, 2.24) is 4.98 Å². The summed E-state index contributed by atoms with van der Waals surface area (Å²) in [6.07, 6.45) is 1.63. The molecule has 0 amide bonds. The van der Waals surface area contributed by atoms with Crippen LogP contribution >= 0.6 is 0 Å². The molecule has 178 valence electrons. The molecular weight excluding hydrogens is 449 g/mol. The first-order chi connectivity index (χ1) is 16.6. The van der Waals surface area contributed by atoms with Crippen LogP contribution in [0, 0.1) is 5.41 Å². The maximum Gasteiger partial charge on any atom is 0.420 e. The van der Waals surface area contributed by atoms with Crippen LogP contribution in [-0.2, 0) is 6.18 Å². The van der Waals surface area contributed by atoms with Crippen LogP contribution in [0.1, 0.15) is 26.3 Å². The molecule has 1 aliphatic heterocycles. The van der Waals surface area contributed by atoms with Gasteiger partial charge in [0.1, 0.15) is 17.1 Å². The summed E-state index contributed by atoms with van der Waals surface area (Å²) in [5, 5.41) is 1.44. The van der Waals surface area contributed by atoms with Gasteiger partial charge in [0.05, 0.1) is 11.0 Å². The van der Waals surface area contributed by atoms with Crippen LogP contribution < -0.4 is 9.64 Å². The molecule has 0 bridgehead atoms. The second-order valence-electron chi connectivity index (χ2n) is 9.66. The summed E-state index contributed by atoms with van der Waals surface area (Å²) in [5.74, 6) is 0.0900. The van der Waals surface area contributed by atoms with Crippen LogP contribution in [0.3, 0.4) is 0 Å². The van der Waals surface area contributed by atoms with Crippen LogP contribution in [0.15, 0.2) is 90.7 Å². The van der Waals surface area contributed by atoms with Gasteiger partial charge in [-0.15, -0.1) is 0 Å². The number of anilines is 1. The highest BCUT2D eigenvalue weighted by molar-refractivity contribution is 5.93. The van der Waals surface area contributed by atoms with Gasteiger partial charge in [0.25, 0.3) is 0 Å². The molecule has 0 aliphatic carbocycles. The number of nitrogens with zero attached hydrogens (tertiary/aromatic N) is 2. The maximum absolute atomic E-state index is 13.9. The second-order valence-corrected chi connectivity index (χ2v) is 9.66. The number of hydrogen-bond donors (Lipinski definition) is 0. The minimum Gasteiger partial charge on any atom is -0.457 e. The van der Waals surface area contributed by atoms with Gasteiger partial charge in [0.15, 0.2) is 0 Å². The number of ether oxygens (including phenoxy) is 1. The Balaban J connectivity index is 1.50. The molecule has 0 radical (unpaired) electrons. The first-order valence-electron chi connectivity index (χ1n) is 11.4. The number of benzene rings is 3. The van der Waals surface area contributed by atoms with E-state index in [4.69, 9.17) is 4.74 Å². The summed E-state index contributed by atoms with van der Waals surface area (Å²) in [5.41, 5.74) is 2.14. The van der Waals surface area contributed by atoms with E-state index in [0.29, 0.717) is 16.7 Å². The fourth-order valence-electron chi connectivity index (χ4n) is 4.35. The number of halogens is 3. The largest absolute Gasteiger partial charge is 0.457 e. The lowest BCUT2D eigenvalue weighted by atomic mass is 9.89. The Labute approximate surface area is 202 Å². The van der Waals surface area contributed by atoms with Crippen LogP contribution in [-0.4, -0.2) is 11.5 Å². The van der Waals surface area contributed by atoms with Crippen molar-refractivity contribution in [2.75, 3.05) is 11.4 Å². The third kappa shape index (κ3) is 4.61. The van der Waals surface area contributed by atoms with Gasteiger partial charge in [-0.05, 0) is 54.6 Å². The average Bonchev–Trinajstić information content (AvgIpc) is 2.82. The van der Waals surface area contributed by atoms with Crippen molar-refractivity contribution in [3.05, 3.63) is 96.2 Å². The first-order valence-corrected chi connectivity index (χ1v) is 11.4. The van der Waals surface area contributed by atoms with Gasteiger partial charge >= 0.3 is 6.18 Å². The summed E-state index contributed by atoms with van der Waals surface area (Å²) in [6.45, 7) is 7.18. The SMILES string of the molecule is CC(C)(C)C1=CC=CCN1c1ccc(Oc2cc3cc4ccccc4nc3cc2C(F)(F)F)cc1. The zero-order chi connectivity index (χ0) is 24.8. The summed E-state index contributed by atoms with van der Waals surface area (Å²) < 4.78 is 47.6. The van der Waals surface area contributed by atoms with Gasteiger partial charge in [-0.2, -0.15) is 13.2 Å². The molecule has 0 saturated carbocycles. The number of rotatable bonds is 3. The zero-order valence-corrected chi connectivity index (χ0v) is 19.7. The van der Waals surface area contributed by atoms with E-state index >= 15 is 0 Å². The lowest BCUT2D eigenvalue weighted by molar-refractivity contribution is -0.138. The van der Waals surface area contributed by atoms with E-state index in [1.165, 1.54) is 11.8 Å². The second kappa shape index (κ2) is 8.45. The summed E-state index contributed by atoms with van der Waals surface area (Å²) in [6, 6.07) is 18.8. The monoisotopic (exact) mass is 474 g/mol. The smallest absolute Gasteiger partial charge is 0.420 e. The van der Waals surface area contributed by atoms with Crippen LogP contribution in [0.4, 0.5) is 18.9 Å². The molecule has 0 saturated heterocycles. The fourth-order valence-corrected chi connectivity index (χ4v) is 4.35. The molecule has 35 heavy (non-hydrogen) atoms. The van der Waals surface area contributed by atoms with E-state index in [1.54, 1.807) is 18.2 Å². The molecule has 0 fully saturated rings. The molecule has 0 unspecified atom stereocenters. The lowest BCUT2D eigenvalue weighted by Crippen LogP contribution is -2.31. The number of pyridine rings is 1. The molecule has 1 aliphatic rings. The molecule has 0 N–H and O–H groups in total. The third-order valence-electron chi connectivity index (χ3n) is 6.04. The standard InChI is InChI=1S/C29H25F3N2O/c1-28(2,3)27-10-6-7-15-34(27)21-11-13-22(14-12-21)35-26-17-20-16-19-8-4-5-9-24(19)33-25(20)18-23(26)29(30,31)32/h4-14,16-18H,15H2,1-3H3. The van der Waals surface area contributed by atoms with Crippen molar-refractivity contribution >= 4 is 27.5 Å². The van der Waals surface area contributed by atoms with Crippen molar-refractivity contribution in [2.24, 2.45) is 5.41 Å². The number of allylic oxidation sites excluding steroid dienone is 3. The Morgan fingerprint density at radius 1 is 0.857 bits per heavy atom. The van der Waals surface area contributed by atoms with Gasteiger partial charge in [0, 0.05) is 34.1 Å². The Morgan fingerprint density at radius 3 is 2.31 bits per heavy atom. The summed E-state index contributed by atoms with van der Waals surface area (Å²) >= 11 is 0. The van der Waals surface area contributed by atoms with E-state index in [2.05, 4.69) is 42.8 Å². The highest BCUT2D eigenvalue weighted by atomic mass is 19.4. The van der Waals surface area contributed by atoms with E-state index in [-0.39, 0.29) is 16.7 Å². The number of fused-ring (bicyclic) bond motifs is 2. The summed E-state index contributed by atoms with van der Waals surface area (Å²) in [4.78, 5) is 6.61. The Bertz CT molecular complexity index is 1460. The van der Waals surface area contributed by atoms with Crippen molar-refractivity contribution in [3.8, 4) is 11.5 Å². The van der Waals surface area contributed by atoms with Crippen molar-refractivity contribution in [3.63, 3.8) is 0 Å². The van der Waals surface area contributed by atoms with Crippen molar-refractivity contribution in [1.29, 1.82) is 0 Å². The van der Waals surface area contributed by atoms with E-state index in [9.17, 15) is 13.2 Å². The predicted molar refractivity (Wildman–Crippen MR) is 135 cm³/mol. The van der Waals surface area contributed by atoms with Gasteiger partial charge in [-0.25, -0.2) is 4.98 Å². The molecule has 5 rings (SSSR count). The lowest BCUT2D eigenvalue weighted by Gasteiger charge is -2.36. The molecular formula is C29H25F3N2O. The molecule has 1 aromatic heterocycles. The van der Waals surface area contributed by atoms with Crippen LogP contribution in [0.5, 0.6) is 11.5 Å².